The maximum atomic E-state index is 12.2. The van der Waals surface area contributed by atoms with Crippen molar-refractivity contribution in [3.8, 4) is 11.5 Å². The molecular formula is C15H11NO8. The van der Waals surface area contributed by atoms with Crippen LogP contribution in [-0.4, -0.2) is 22.3 Å². The molecule has 0 aromatic heterocycles. The van der Waals surface area contributed by atoms with E-state index in [-0.39, 0.29) is 23.7 Å². The molecule has 0 amide bonds. The highest BCUT2D eigenvalue weighted by atomic mass is 16.9. The molecule has 0 aliphatic rings. The molecule has 0 atom stereocenters. The topological polar surface area (TPSA) is 125 Å². The first kappa shape index (κ1) is 16.7. The Kier molecular flexibility index (Phi) is 5.29. The van der Waals surface area contributed by atoms with Gasteiger partial charge in [0, 0.05) is 0 Å². The van der Waals surface area contributed by atoms with Crippen LogP contribution < -0.4 is 9.47 Å². The highest BCUT2D eigenvalue weighted by Crippen LogP contribution is 2.21. The zero-order valence-corrected chi connectivity index (χ0v) is 12.1. The summed E-state index contributed by atoms with van der Waals surface area (Å²) in [6.07, 6.45) is -1.56. The number of hydrogen-bond acceptors (Lipinski definition) is 7. The smallest absolute Gasteiger partial charge is 0.449 e. The fourth-order valence-electron chi connectivity index (χ4n) is 1.81. The van der Waals surface area contributed by atoms with E-state index in [4.69, 9.17) is 9.84 Å². The zero-order valence-electron chi connectivity index (χ0n) is 12.1. The van der Waals surface area contributed by atoms with Crippen molar-refractivity contribution < 1.29 is 34.1 Å². The lowest BCUT2D eigenvalue weighted by Gasteiger charge is -2.09. The number of ether oxygens (including phenoxy) is 2. The van der Waals surface area contributed by atoms with E-state index in [0.717, 1.165) is 0 Å². The second-order valence-corrected chi connectivity index (χ2v) is 4.40. The Labute approximate surface area is 135 Å². The van der Waals surface area contributed by atoms with Gasteiger partial charge in [0.15, 0.2) is 0 Å². The first-order valence-corrected chi connectivity index (χ1v) is 6.54. The van der Waals surface area contributed by atoms with Crippen LogP contribution >= 0.6 is 0 Å². The molecule has 0 unspecified atom stereocenters. The van der Waals surface area contributed by atoms with Crippen molar-refractivity contribution >= 4 is 12.1 Å². The van der Waals surface area contributed by atoms with E-state index >= 15 is 0 Å². The molecule has 2 aromatic rings. The first-order chi connectivity index (χ1) is 11.5. The average molecular weight is 333 g/mol. The Hall–Kier alpha value is -3.62. The van der Waals surface area contributed by atoms with Crippen molar-refractivity contribution in [1.82, 2.24) is 0 Å². The van der Waals surface area contributed by atoms with Gasteiger partial charge in [-0.15, -0.1) is 10.1 Å². The van der Waals surface area contributed by atoms with Gasteiger partial charge in [-0.25, -0.2) is 9.59 Å². The van der Waals surface area contributed by atoms with E-state index in [0.29, 0.717) is 5.56 Å². The molecule has 9 nitrogen and oxygen atoms in total. The average Bonchev–Trinajstić information content (AvgIpc) is 2.53. The second kappa shape index (κ2) is 7.58. The van der Waals surface area contributed by atoms with Crippen molar-refractivity contribution in [1.29, 1.82) is 0 Å². The van der Waals surface area contributed by atoms with Crippen LogP contribution in [0.2, 0.25) is 0 Å². The zero-order chi connectivity index (χ0) is 17.5. The lowest BCUT2D eigenvalue weighted by molar-refractivity contribution is -0.763. The Morgan fingerprint density at radius 2 is 1.83 bits per heavy atom. The van der Waals surface area contributed by atoms with E-state index < -0.39 is 17.2 Å². The fourth-order valence-corrected chi connectivity index (χ4v) is 1.81. The van der Waals surface area contributed by atoms with Gasteiger partial charge in [-0.05, 0) is 29.8 Å². The van der Waals surface area contributed by atoms with Gasteiger partial charge in [-0.3, -0.25) is 0 Å². The van der Waals surface area contributed by atoms with Crippen LogP contribution in [0.25, 0.3) is 0 Å². The highest BCUT2D eigenvalue weighted by molar-refractivity contribution is 5.94. The third kappa shape index (κ3) is 4.70. The molecule has 0 aliphatic carbocycles. The number of hydrogen-bond donors (Lipinski definition) is 1. The minimum absolute atomic E-state index is 0.0770. The van der Waals surface area contributed by atoms with Crippen molar-refractivity contribution in [2.45, 2.75) is 6.61 Å². The summed E-state index contributed by atoms with van der Waals surface area (Å²) in [7, 11) is 0. The number of esters is 1. The van der Waals surface area contributed by atoms with Gasteiger partial charge in [0.2, 0.25) is 0 Å². The van der Waals surface area contributed by atoms with Crippen molar-refractivity contribution in [3.05, 3.63) is 69.8 Å². The quantitative estimate of drug-likeness (QED) is 0.281. The van der Waals surface area contributed by atoms with E-state index in [1.807, 2.05) is 0 Å². The Balaban J connectivity index is 2.14. The maximum absolute atomic E-state index is 12.2. The molecule has 1 N–H and O–H groups in total. The predicted molar refractivity (Wildman–Crippen MR) is 78.3 cm³/mol. The van der Waals surface area contributed by atoms with Gasteiger partial charge in [0.05, 0.1) is 0 Å². The van der Waals surface area contributed by atoms with Gasteiger partial charge < -0.3 is 19.4 Å². The summed E-state index contributed by atoms with van der Waals surface area (Å²) in [5.41, 5.74) is 0.346. The molecule has 0 saturated carbocycles. The number of carboxylic acid groups (broad SMARTS) is 1. The normalized spacial score (nSPS) is 9.83. The molecule has 0 fully saturated rings. The van der Waals surface area contributed by atoms with Gasteiger partial charge in [0.25, 0.3) is 5.09 Å². The standard InChI is InChI=1S/C15H11NO8/c17-14(12-6-1-2-7-13(12)24-15(18)19)23-11-5-3-4-10(8-11)9-22-16(20)21/h1-8H,9H2,(H,18,19). The minimum atomic E-state index is -1.56. The molecule has 0 saturated heterocycles. The van der Waals surface area contributed by atoms with E-state index in [2.05, 4.69) is 9.57 Å². The number of carbonyl (C=O) groups is 2. The lowest BCUT2D eigenvalue weighted by atomic mass is 10.2. The molecule has 124 valence electrons. The molecule has 0 heterocycles. The number of nitrogens with zero attached hydrogens (tertiary/aromatic N) is 1. The van der Waals surface area contributed by atoms with E-state index in [1.54, 1.807) is 6.07 Å². The summed E-state index contributed by atoms with van der Waals surface area (Å²) in [6, 6.07) is 11.6. The molecule has 9 heteroatoms. The Morgan fingerprint density at radius 1 is 1.08 bits per heavy atom. The number of carbonyl (C=O) groups excluding carboxylic acids is 1. The van der Waals surface area contributed by atoms with E-state index in [1.165, 1.54) is 42.5 Å². The van der Waals surface area contributed by atoms with Crippen LogP contribution in [0, 0.1) is 10.1 Å². The molecule has 2 rings (SSSR count). The summed E-state index contributed by atoms with van der Waals surface area (Å²) in [5, 5.41) is 17.9. The van der Waals surface area contributed by atoms with Crippen LogP contribution in [0.5, 0.6) is 11.5 Å². The Morgan fingerprint density at radius 3 is 2.54 bits per heavy atom. The summed E-state index contributed by atoms with van der Waals surface area (Å²) < 4.78 is 9.65. The van der Waals surface area contributed by atoms with Gasteiger partial charge >= 0.3 is 12.1 Å². The summed E-state index contributed by atoms with van der Waals surface area (Å²) in [5.74, 6) is -0.878. The lowest BCUT2D eigenvalue weighted by Crippen LogP contribution is -2.13. The predicted octanol–water partition coefficient (Wildman–Crippen LogP) is 2.67. The number of rotatable bonds is 6. The van der Waals surface area contributed by atoms with Crippen molar-refractivity contribution in [2.24, 2.45) is 0 Å². The molecule has 0 aliphatic heterocycles. The monoisotopic (exact) mass is 333 g/mol. The fraction of sp³-hybridized carbons (Fsp3) is 0.0667. The molecule has 0 spiro atoms. The largest absolute Gasteiger partial charge is 0.511 e. The molecule has 0 bridgehead atoms. The summed E-state index contributed by atoms with van der Waals surface area (Å²) in [4.78, 5) is 37.2. The first-order valence-electron chi connectivity index (χ1n) is 6.54. The van der Waals surface area contributed by atoms with Crippen LogP contribution in [-0.2, 0) is 11.4 Å². The number of para-hydroxylation sites is 1. The van der Waals surface area contributed by atoms with Crippen LogP contribution in [0.1, 0.15) is 15.9 Å². The van der Waals surface area contributed by atoms with Crippen LogP contribution in [0.15, 0.2) is 48.5 Å². The van der Waals surface area contributed by atoms with Gasteiger partial charge in [-0.1, -0.05) is 24.3 Å². The SMILES string of the molecule is O=C(O)Oc1ccccc1C(=O)Oc1cccc(CO[N+](=O)[O-])c1. The Bertz CT molecular complexity index is 774. The van der Waals surface area contributed by atoms with Crippen molar-refractivity contribution in [2.75, 3.05) is 0 Å². The molecule has 24 heavy (non-hydrogen) atoms. The van der Waals surface area contributed by atoms with E-state index in [9.17, 15) is 19.7 Å². The third-order valence-electron chi connectivity index (χ3n) is 2.75. The molecule has 2 aromatic carbocycles. The van der Waals surface area contributed by atoms with Gasteiger partial charge in [-0.2, -0.15) is 0 Å². The second-order valence-electron chi connectivity index (χ2n) is 4.40. The summed E-state index contributed by atoms with van der Waals surface area (Å²) in [6.45, 7) is -0.295. The van der Waals surface area contributed by atoms with Crippen molar-refractivity contribution in [3.63, 3.8) is 0 Å². The molecule has 0 radical (unpaired) electrons. The van der Waals surface area contributed by atoms with Crippen LogP contribution in [0.4, 0.5) is 4.79 Å². The minimum Gasteiger partial charge on any atom is -0.449 e. The maximum Gasteiger partial charge on any atom is 0.511 e. The molecular weight excluding hydrogens is 322 g/mol. The third-order valence-corrected chi connectivity index (χ3v) is 2.75. The summed E-state index contributed by atoms with van der Waals surface area (Å²) >= 11 is 0. The van der Waals surface area contributed by atoms with Gasteiger partial charge in [0.1, 0.15) is 23.7 Å². The highest BCUT2D eigenvalue weighted by Gasteiger charge is 2.16. The number of benzene rings is 2. The van der Waals surface area contributed by atoms with Crippen LogP contribution in [0.3, 0.4) is 0 Å².